The molecule has 1 heteroatoms. The second-order valence-electron chi connectivity index (χ2n) is 3.67. The average molecular weight is 142 g/mol. The quantitative estimate of drug-likeness (QED) is 0.595. The summed E-state index contributed by atoms with van der Waals surface area (Å²) in [6.07, 6.45) is 5.15. The Morgan fingerprint density at radius 2 is 1.90 bits per heavy atom. The predicted octanol–water partition coefficient (Wildman–Crippen LogP) is 2.19. The molecule has 10 heavy (non-hydrogen) atoms. The van der Waals surface area contributed by atoms with Gasteiger partial charge in [-0.2, -0.15) is 0 Å². The second kappa shape index (κ2) is 3.38. The minimum atomic E-state index is -0.0877. The lowest BCUT2D eigenvalue weighted by atomic mass is 9.78. The van der Waals surface area contributed by atoms with Gasteiger partial charge in [0.2, 0.25) is 0 Å². The van der Waals surface area contributed by atoms with Crippen molar-refractivity contribution in [2.24, 2.45) is 11.8 Å². The fraction of sp³-hybridized carbons (Fsp3) is 1.00. The summed E-state index contributed by atoms with van der Waals surface area (Å²) in [6, 6.07) is 0. The Hall–Kier alpha value is -0.0400. The number of hydrogen-bond donors (Lipinski definition) is 1. The fourth-order valence-corrected chi connectivity index (χ4v) is 2.06. The maximum atomic E-state index is 9.35. The van der Waals surface area contributed by atoms with Crippen LogP contribution in [0.5, 0.6) is 0 Å². The van der Waals surface area contributed by atoms with Crippen LogP contribution < -0.4 is 0 Å². The molecular weight excluding hydrogens is 124 g/mol. The molecule has 1 aliphatic rings. The van der Waals surface area contributed by atoms with Gasteiger partial charge in [-0.15, -0.1) is 0 Å². The highest BCUT2D eigenvalue weighted by Gasteiger charge is 2.24. The van der Waals surface area contributed by atoms with E-state index in [2.05, 4.69) is 6.92 Å². The third-order valence-electron chi connectivity index (χ3n) is 2.80. The van der Waals surface area contributed by atoms with Gasteiger partial charge in [-0.3, -0.25) is 0 Å². The highest BCUT2D eigenvalue weighted by molar-refractivity contribution is 4.75. The smallest absolute Gasteiger partial charge is 0.0542 e. The molecule has 2 unspecified atom stereocenters. The summed E-state index contributed by atoms with van der Waals surface area (Å²) in [6.45, 7) is 4.18. The van der Waals surface area contributed by atoms with Gasteiger partial charge in [0.05, 0.1) is 6.10 Å². The summed E-state index contributed by atoms with van der Waals surface area (Å²) in [5, 5.41) is 9.35. The van der Waals surface area contributed by atoms with Crippen molar-refractivity contribution in [2.45, 2.75) is 45.6 Å². The van der Waals surface area contributed by atoms with E-state index >= 15 is 0 Å². The topological polar surface area (TPSA) is 20.2 Å². The van der Waals surface area contributed by atoms with Crippen molar-refractivity contribution >= 4 is 0 Å². The molecule has 0 spiro atoms. The molecule has 0 amide bonds. The molecule has 60 valence electrons. The minimum Gasteiger partial charge on any atom is -0.393 e. The molecule has 0 saturated heterocycles. The van der Waals surface area contributed by atoms with Gasteiger partial charge in [0.1, 0.15) is 0 Å². The third-order valence-corrected chi connectivity index (χ3v) is 2.80. The Morgan fingerprint density at radius 3 is 2.30 bits per heavy atom. The van der Waals surface area contributed by atoms with Gasteiger partial charge in [-0.1, -0.05) is 26.2 Å². The first-order chi connectivity index (χ1) is 4.72. The molecule has 1 saturated carbocycles. The molecule has 0 aromatic heterocycles. The molecular formula is C9H18O. The van der Waals surface area contributed by atoms with E-state index in [1.807, 2.05) is 6.92 Å². The summed E-state index contributed by atoms with van der Waals surface area (Å²) in [5.74, 6) is 1.32. The van der Waals surface area contributed by atoms with E-state index in [4.69, 9.17) is 0 Å². The van der Waals surface area contributed by atoms with Crippen LogP contribution in [0.1, 0.15) is 39.5 Å². The lowest BCUT2D eigenvalue weighted by Gasteiger charge is -2.30. The summed E-state index contributed by atoms with van der Waals surface area (Å²) in [5.41, 5.74) is 0. The van der Waals surface area contributed by atoms with E-state index in [1.54, 1.807) is 0 Å². The monoisotopic (exact) mass is 142 g/mol. The van der Waals surface area contributed by atoms with Crippen LogP contribution in [-0.4, -0.2) is 11.2 Å². The molecule has 0 heterocycles. The van der Waals surface area contributed by atoms with Crippen molar-refractivity contribution in [3.8, 4) is 0 Å². The van der Waals surface area contributed by atoms with Crippen LogP contribution in [0.3, 0.4) is 0 Å². The van der Waals surface area contributed by atoms with Gasteiger partial charge in [0.15, 0.2) is 0 Å². The summed E-state index contributed by atoms with van der Waals surface area (Å²) in [4.78, 5) is 0. The minimum absolute atomic E-state index is 0.0877. The van der Waals surface area contributed by atoms with Crippen molar-refractivity contribution in [3.05, 3.63) is 0 Å². The Morgan fingerprint density at radius 1 is 1.30 bits per heavy atom. The number of aliphatic hydroxyl groups excluding tert-OH is 1. The molecule has 0 aromatic rings. The maximum Gasteiger partial charge on any atom is 0.0542 e. The Kier molecular flexibility index (Phi) is 2.72. The van der Waals surface area contributed by atoms with E-state index in [1.165, 1.54) is 25.7 Å². The maximum absolute atomic E-state index is 9.35. The largest absolute Gasteiger partial charge is 0.393 e. The molecule has 3 atom stereocenters. The SMILES string of the molecule is CC1CCCCC1[C@@H](C)O. The fourth-order valence-electron chi connectivity index (χ4n) is 2.06. The van der Waals surface area contributed by atoms with Crippen LogP contribution in [0.25, 0.3) is 0 Å². The Balaban J connectivity index is 2.40. The van der Waals surface area contributed by atoms with Gasteiger partial charge in [-0.25, -0.2) is 0 Å². The van der Waals surface area contributed by atoms with Crippen molar-refractivity contribution in [3.63, 3.8) is 0 Å². The second-order valence-corrected chi connectivity index (χ2v) is 3.67. The van der Waals surface area contributed by atoms with E-state index in [-0.39, 0.29) is 6.10 Å². The van der Waals surface area contributed by atoms with Crippen LogP contribution in [-0.2, 0) is 0 Å². The molecule has 1 rings (SSSR count). The molecule has 0 bridgehead atoms. The van der Waals surface area contributed by atoms with Crippen LogP contribution in [0, 0.1) is 11.8 Å². The Labute approximate surface area is 63.4 Å². The van der Waals surface area contributed by atoms with Gasteiger partial charge < -0.3 is 5.11 Å². The van der Waals surface area contributed by atoms with Crippen LogP contribution in [0.4, 0.5) is 0 Å². The molecule has 0 radical (unpaired) electrons. The van der Waals surface area contributed by atoms with Gasteiger partial charge in [-0.05, 0) is 25.2 Å². The normalized spacial score (nSPS) is 37.5. The van der Waals surface area contributed by atoms with E-state index in [0.29, 0.717) is 5.92 Å². The molecule has 0 aromatic carbocycles. The highest BCUT2D eigenvalue weighted by Crippen LogP contribution is 2.31. The van der Waals surface area contributed by atoms with Crippen molar-refractivity contribution in [2.75, 3.05) is 0 Å². The molecule has 1 fully saturated rings. The average Bonchev–Trinajstić information content (AvgIpc) is 1.88. The Bertz CT molecular complexity index is 98.9. The zero-order chi connectivity index (χ0) is 7.56. The third kappa shape index (κ3) is 1.72. The molecule has 1 aliphatic carbocycles. The number of rotatable bonds is 1. The molecule has 1 N–H and O–H groups in total. The number of aliphatic hydroxyl groups is 1. The zero-order valence-corrected chi connectivity index (χ0v) is 7.01. The first-order valence-corrected chi connectivity index (χ1v) is 4.40. The van der Waals surface area contributed by atoms with E-state index < -0.39 is 0 Å². The highest BCUT2D eigenvalue weighted by atomic mass is 16.3. The molecule has 0 aliphatic heterocycles. The summed E-state index contributed by atoms with van der Waals surface area (Å²) in [7, 11) is 0. The lowest BCUT2D eigenvalue weighted by Crippen LogP contribution is -2.26. The van der Waals surface area contributed by atoms with E-state index in [9.17, 15) is 5.11 Å². The predicted molar refractivity (Wildman–Crippen MR) is 42.8 cm³/mol. The van der Waals surface area contributed by atoms with Crippen molar-refractivity contribution < 1.29 is 5.11 Å². The van der Waals surface area contributed by atoms with E-state index in [0.717, 1.165) is 5.92 Å². The van der Waals surface area contributed by atoms with Gasteiger partial charge in [0, 0.05) is 0 Å². The summed E-state index contributed by atoms with van der Waals surface area (Å²) >= 11 is 0. The standard InChI is InChI=1S/C9H18O/c1-7-5-3-4-6-9(7)8(2)10/h7-10H,3-6H2,1-2H3/t7?,8-,9?/m1/s1. The van der Waals surface area contributed by atoms with Crippen LogP contribution >= 0.6 is 0 Å². The first kappa shape index (κ1) is 8.06. The molecule has 1 nitrogen and oxygen atoms in total. The van der Waals surface area contributed by atoms with Gasteiger partial charge in [0.25, 0.3) is 0 Å². The summed E-state index contributed by atoms with van der Waals surface area (Å²) < 4.78 is 0. The lowest BCUT2D eigenvalue weighted by molar-refractivity contribution is 0.0678. The van der Waals surface area contributed by atoms with Crippen LogP contribution in [0.2, 0.25) is 0 Å². The zero-order valence-electron chi connectivity index (χ0n) is 7.01. The van der Waals surface area contributed by atoms with Gasteiger partial charge >= 0.3 is 0 Å². The van der Waals surface area contributed by atoms with Crippen LogP contribution in [0.15, 0.2) is 0 Å². The van der Waals surface area contributed by atoms with Crippen molar-refractivity contribution in [1.29, 1.82) is 0 Å². The van der Waals surface area contributed by atoms with Crippen molar-refractivity contribution in [1.82, 2.24) is 0 Å². The first-order valence-electron chi connectivity index (χ1n) is 4.40. The number of hydrogen-bond acceptors (Lipinski definition) is 1.